The van der Waals surface area contributed by atoms with E-state index in [0.29, 0.717) is 36.4 Å². The molecule has 0 bridgehead atoms. The first-order chi connectivity index (χ1) is 15.6. The number of nitrogens with zero attached hydrogens (tertiary/aromatic N) is 2. The van der Waals surface area contributed by atoms with Crippen LogP contribution in [0.1, 0.15) is 36.3 Å². The zero-order chi connectivity index (χ0) is 23.9. The Morgan fingerprint density at radius 1 is 1.24 bits per heavy atom. The van der Waals surface area contributed by atoms with Crippen LogP contribution in [0.2, 0.25) is 0 Å². The van der Waals surface area contributed by atoms with E-state index in [9.17, 15) is 17.6 Å². The monoisotopic (exact) mass is 471 g/mol. The van der Waals surface area contributed by atoms with Crippen molar-refractivity contribution in [3.63, 3.8) is 0 Å². The van der Waals surface area contributed by atoms with Crippen molar-refractivity contribution in [3.8, 4) is 0 Å². The highest BCUT2D eigenvalue weighted by Gasteiger charge is 2.21. The van der Waals surface area contributed by atoms with Crippen molar-refractivity contribution in [3.05, 3.63) is 69.5 Å². The molecule has 1 N–H and O–H groups in total. The molecule has 2 aromatic carbocycles. The second-order valence-corrected chi connectivity index (χ2v) is 10.4. The average molecular weight is 472 g/mol. The van der Waals surface area contributed by atoms with Gasteiger partial charge in [-0.3, -0.25) is 9.36 Å². The molecule has 0 amide bonds. The molecule has 174 valence electrons. The second kappa shape index (κ2) is 8.72. The number of ether oxygens (including phenoxy) is 1. The number of nitrogens with one attached hydrogen (secondary N) is 1. The van der Waals surface area contributed by atoms with Gasteiger partial charge in [0.2, 0.25) is 0 Å². The third-order valence-corrected chi connectivity index (χ3v) is 6.92. The van der Waals surface area contributed by atoms with E-state index in [0.717, 1.165) is 29.0 Å². The molecule has 1 aliphatic rings. The second-order valence-electron chi connectivity index (χ2n) is 8.38. The molecule has 33 heavy (non-hydrogen) atoms. The molecule has 0 spiro atoms. The molecule has 1 aliphatic heterocycles. The van der Waals surface area contributed by atoms with Crippen LogP contribution in [-0.4, -0.2) is 37.4 Å². The minimum atomic E-state index is -3.66. The van der Waals surface area contributed by atoms with Crippen molar-refractivity contribution >= 4 is 32.0 Å². The molecule has 0 radical (unpaired) electrons. The van der Waals surface area contributed by atoms with Crippen molar-refractivity contribution < 1.29 is 17.5 Å². The van der Waals surface area contributed by atoms with E-state index in [1.165, 1.54) is 12.1 Å². The van der Waals surface area contributed by atoms with E-state index in [-0.39, 0.29) is 16.1 Å². The van der Waals surface area contributed by atoms with Crippen LogP contribution < -0.4 is 10.9 Å². The molecule has 4 rings (SSSR count). The van der Waals surface area contributed by atoms with E-state index < -0.39 is 21.7 Å². The number of fused-ring (bicyclic) bond motifs is 1. The van der Waals surface area contributed by atoms with Gasteiger partial charge in [0.15, 0.2) is 9.84 Å². The lowest BCUT2D eigenvalue weighted by atomic mass is 10.0. The van der Waals surface area contributed by atoms with Crippen LogP contribution in [-0.2, 0) is 21.6 Å². The highest BCUT2D eigenvalue weighted by molar-refractivity contribution is 7.90. The van der Waals surface area contributed by atoms with Crippen LogP contribution in [0.15, 0.2) is 46.1 Å². The van der Waals surface area contributed by atoms with E-state index in [1.807, 2.05) is 32.1 Å². The normalized spacial score (nSPS) is 15.4. The minimum absolute atomic E-state index is 0.122. The molecule has 3 aromatic rings. The van der Waals surface area contributed by atoms with Gasteiger partial charge in [-0.25, -0.2) is 17.8 Å². The number of sulfone groups is 1. The Hall–Kier alpha value is -3.04. The third kappa shape index (κ3) is 4.56. The molecule has 1 aromatic heterocycles. The predicted molar refractivity (Wildman–Crippen MR) is 127 cm³/mol. The molecule has 0 unspecified atom stereocenters. The lowest BCUT2D eigenvalue weighted by molar-refractivity contribution is 0.161. The van der Waals surface area contributed by atoms with Gasteiger partial charge < -0.3 is 10.1 Å². The minimum Gasteiger partial charge on any atom is -0.377 e. The summed E-state index contributed by atoms with van der Waals surface area (Å²) in [6, 6.07) is 6.95. The number of rotatable bonds is 5. The molecule has 9 heteroatoms. The lowest BCUT2D eigenvalue weighted by Gasteiger charge is -2.21. The highest BCUT2D eigenvalue weighted by atomic mass is 32.2. The van der Waals surface area contributed by atoms with E-state index in [2.05, 4.69) is 5.32 Å². The van der Waals surface area contributed by atoms with Gasteiger partial charge in [0.05, 0.1) is 40.7 Å². The Balaban J connectivity index is 1.87. The number of anilines is 1. The quantitative estimate of drug-likeness (QED) is 0.609. The third-order valence-electron chi connectivity index (χ3n) is 5.79. The number of hydrogen-bond acceptors (Lipinski definition) is 6. The first-order valence-electron chi connectivity index (χ1n) is 10.6. The Labute approximate surface area is 191 Å². The standard InChI is InChI=1S/C24H26FN3O4S/c1-14-11-18(15(2)26-20-6-5-17(25)13-21(20)33(4,30)31)22-19(12-14)24(29)28(3)23(27-22)16-7-9-32-10-8-16/h5-7,11-13,15,26H,8-10H2,1-4H3/t15-/m1/s1. The van der Waals surface area contributed by atoms with Crippen LogP contribution in [0, 0.1) is 12.7 Å². The highest BCUT2D eigenvalue weighted by Crippen LogP contribution is 2.31. The van der Waals surface area contributed by atoms with Crippen LogP contribution >= 0.6 is 0 Å². The summed E-state index contributed by atoms with van der Waals surface area (Å²) in [7, 11) is -1.95. The Morgan fingerprint density at radius 3 is 2.67 bits per heavy atom. The van der Waals surface area contributed by atoms with Gasteiger partial charge in [-0.15, -0.1) is 0 Å². The summed E-state index contributed by atoms with van der Waals surface area (Å²) in [5.41, 5.74) is 3.27. The summed E-state index contributed by atoms with van der Waals surface area (Å²) in [5.74, 6) is -0.0408. The summed E-state index contributed by atoms with van der Waals surface area (Å²) >= 11 is 0. The fraction of sp³-hybridized carbons (Fsp3) is 0.333. The van der Waals surface area contributed by atoms with Gasteiger partial charge in [-0.2, -0.15) is 0 Å². The first-order valence-corrected chi connectivity index (χ1v) is 12.5. The summed E-state index contributed by atoms with van der Waals surface area (Å²) in [6.07, 6.45) is 3.64. The van der Waals surface area contributed by atoms with Crippen LogP contribution in [0.25, 0.3) is 16.5 Å². The SMILES string of the molecule is Cc1cc([C@@H](C)Nc2ccc(F)cc2S(C)(=O)=O)c2nc(C3=CCOCC3)n(C)c(=O)c2c1. The Kier molecular flexibility index (Phi) is 6.11. The zero-order valence-electron chi connectivity index (χ0n) is 19.0. The Morgan fingerprint density at radius 2 is 2.00 bits per heavy atom. The maximum absolute atomic E-state index is 13.7. The molecule has 2 heterocycles. The van der Waals surface area contributed by atoms with Crippen molar-refractivity contribution in [2.24, 2.45) is 7.05 Å². The zero-order valence-corrected chi connectivity index (χ0v) is 19.8. The van der Waals surface area contributed by atoms with Gasteiger partial charge in [0, 0.05) is 18.9 Å². The van der Waals surface area contributed by atoms with Gasteiger partial charge in [0.1, 0.15) is 11.6 Å². The average Bonchev–Trinajstić information content (AvgIpc) is 2.77. The van der Waals surface area contributed by atoms with Crippen molar-refractivity contribution in [2.75, 3.05) is 24.8 Å². The fourth-order valence-corrected chi connectivity index (χ4v) is 4.99. The van der Waals surface area contributed by atoms with Crippen LogP contribution in [0.4, 0.5) is 10.1 Å². The molecule has 0 saturated carbocycles. The fourth-order valence-electron chi connectivity index (χ4n) is 4.13. The topological polar surface area (TPSA) is 90.3 Å². The first kappa shape index (κ1) is 23.1. The van der Waals surface area contributed by atoms with Gasteiger partial charge in [0.25, 0.3) is 5.56 Å². The van der Waals surface area contributed by atoms with E-state index in [1.54, 1.807) is 11.6 Å². The number of benzene rings is 2. The molecule has 1 atom stereocenters. The molecule has 0 aliphatic carbocycles. The van der Waals surface area contributed by atoms with Crippen molar-refractivity contribution in [2.45, 2.75) is 31.2 Å². The summed E-state index contributed by atoms with van der Waals surface area (Å²) in [4.78, 5) is 18.0. The number of halogens is 1. The lowest BCUT2D eigenvalue weighted by Crippen LogP contribution is -2.24. The summed E-state index contributed by atoms with van der Waals surface area (Å²) in [5, 5.41) is 3.67. The van der Waals surface area contributed by atoms with Crippen LogP contribution in [0.5, 0.6) is 0 Å². The van der Waals surface area contributed by atoms with Crippen molar-refractivity contribution in [1.29, 1.82) is 0 Å². The van der Waals surface area contributed by atoms with Gasteiger partial charge in [-0.05, 0) is 55.7 Å². The smallest absolute Gasteiger partial charge is 0.261 e. The molecular formula is C24H26FN3O4S. The molecular weight excluding hydrogens is 445 g/mol. The summed E-state index contributed by atoms with van der Waals surface area (Å²) < 4.78 is 45.1. The number of aromatic nitrogens is 2. The van der Waals surface area contributed by atoms with Gasteiger partial charge in [-0.1, -0.05) is 12.1 Å². The predicted octanol–water partition coefficient (Wildman–Crippen LogP) is 3.76. The molecule has 0 saturated heterocycles. The number of hydrogen-bond donors (Lipinski definition) is 1. The molecule has 0 fully saturated rings. The Bertz CT molecular complexity index is 1440. The van der Waals surface area contributed by atoms with E-state index >= 15 is 0 Å². The largest absolute Gasteiger partial charge is 0.377 e. The molecule has 7 nitrogen and oxygen atoms in total. The van der Waals surface area contributed by atoms with Crippen LogP contribution in [0.3, 0.4) is 0 Å². The van der Waals surface area contributed by atoms with Gasteiger partial charge >= 0.3 is 0 Å². The maximum Gasteiger partial charge on any atom is 0.261 e. The summed E-state index contributed by atoms with van der Waals surface area (Å²) in [6.45, 7) is 4.79. The van der Waals surface area contributed by atoms with E-state index in [4.69, 9.17) is 9.72 Å². The van der Waals surface area contributed by atoms with Crippen molar-refractivity contribution in [1.82, 2.24) is 9.55 Å². The number of aryl methyl sites for hydroxylation is 1. The maximum atomic E-state index is 13.7.